The summed E-state index contributed by atoms with van der Waals surface area (Å²) in [4.78, 5) is 4.27. The molecule has 0 aliphatic rings. The monoisotopic (exact) mass is 244 g/mol. The average molecular weight is 244 g/mol. The maximum Gasteiger partial charge on any atom is 0.141 e. The lowest BCUT2D eigenvalue weighted by Gasteiger charge is -2.17. The van der Waals surface area contributed by atoms with Crippen LogP contribution in [0.1, 0.15) is 36.3 Å². The second-order valence-corrected chi connectivity index (χ2v) is 4.51. The first-order valence-corrected chi connectivity index (χ1v) is 6.44. The second-order valence-electron chi connectivity index (χ2n) is 4.51. The Morgan fingerprint density at radius 1 is 1.33 bits per heavy atom. The Hall–Kier alpha value is -1.68. The highest BCUT2D eigenvalue weighted by atomic mass is 15.2. The van der Waals surface area contributed by atoms with Gasteiger partial charge in [0.25, 0.3) is 0 Å². The molecule has 2 rings (SSSR count). The van der Waals surface area contributed by atoms with Gasteiger partial charge in [-0.05, 0) is 37.4 Å². The van der Waals surface area contributed by atoms with Gasteiger partial charge in [-0.25, -0.2) is 4.98 Å². The van der Waals surface area contributed by atoms with Gasteiger partial charge < -0.3 is 5.32 Å². The van der Waals surface area contributed by atoms with Crippen molar-refractivity contribution in [3.8, 4) is 0 Å². The van der Waals surface area contributed by atoms with Gasteiger partial charge in [0, 0.05) is 0 Å². The summed E-state index contributed by atoms with van der Waals surface area (Å²) in [6, 6.07) is 8.67. The lowest BCUT2D eigenvalue weighted by molar-refractivity contribution is 0.505. The summed E-state index contributed by atoms with van der Waals surface area (Å²) < 4.78 is 0. The van der Waals surface area contributed by atoms with Crippen molar-refractivity contribution in [2.75, 3.05) is 6.54 Å². The normalized spacial score (nSPS) is 12.6. The highest BCUT2D eigenvalue weighted by Gasteiger charge is 2.15. The topological polar surface area (TPSA) is 53.6 Å². The standard InChI is InChI=1S/C14H20N4/c1-3-8-15-13(14-16-10-17-18-14)9-12-7-5-4-6-11(12)2/h4-7,10,13,15H,3,8-9H2,1-2H3,(H,16,17,18). The summed E-state index contributed by atoms with van der Waals surface area (Å²) in [5.41, 5.74) is 2.67. The molecular weight excluding hydrogens is 224 g/mol. The first-order valence-electron chi connectivity index (χ1n) is 6.44. The minimum absolute atomic E-state index is 0.202. The molecule has 18 heavy (non-hydrogen) atoms. The van der Waals surface area contributed by atoms with E-state index < -0.39 is 0 Å². The molecule has 1 heterocycles. The van der Waals surface area contributed by atoms with Crippen LogP contribution in [0.15, 0.2) is 30.6 Å². The smallest absolute Gasteiger partial charge is 0.141 e. The van der Waals surface area contributed by atoms with Crippen molar-refractivity contribution < 1.29 is 0 Å². The first-order chi connectivity index (χ1) is 8.81. The molecule has 2 aromatic rings. The van der Waals surface area contributed by atoms with Crippen molar-refractivity contribution in [3.63, 3.8) is 0 Å². The van der Waals surface area contributed by atoms with E-state index in [1.165, 1.54) is 11.1 Å². The summed E-state index contributed by atoms with van der Waals surface area (Å²) in [6.45, 7) is 5.29. The highest BCUT2D eigenvalue weighted by Crippen LogP contribution is 2.17. The van der Waals surface area contributed by atoms with Gasteiger partial charge in [-0.3, -0.25) is 5.10 Å². The molecule has 0 bridgehead atoms. The van der Waals surface area contributed by atoms with E-state index >= 15 is 0 Å². The number of hydrogen-bond donors (Lipinski definition) is 2. The summed E-state index contributed by atoms with van der Waals surface area (Å²) in [5.74, 6) is 0.909. The predicted octanol–water partition coefficient (Wildman–Crippen LogP) is 2.40. The van der Waals surface area contributed by atoms with E-state index in [-0.39, 0.29) is 6.04 Å². The van der Waals surface area contributed by atoms with Crippen molar-refractivity contribution >= 4 is 0 Å². The van der Waals surface area contributed by atoms with E-state index in [4.69, 9.17) is 0 Å². The van der Waals surface area contributed by atoms with Crippen LogP contribution in [0.25, 0.3) is 0 Å². The lowest BCUT2D eigenvalue weighted by atomic mass is 10.0. The first kappa shape index (κ1) is 12.8. The largest absolute Gasteiger partial charge is 0.307 e. The van der Waals surface area contributed by atoms with E-state index in [2.05, 4.69) is 58.6 Å². The van der Waals surface area contributed by atoms with Crippen LogP contribution in [0.2, 0.25) is 0 Å². The molecule has 2 N–H and O–H groups in total. The Morgan fingerprint density at radius 2 is 2.17 bits per heavy atom. The molecule has 0 saturated heterocycles. The van der Waals surface area contributed by atoms with Gasteiger partial charge in [-0.15, -0.1) is 0 Å². The second kappa shape index (κ2) is 6.31. The molecule has 1 unspecified atom stereocenters. The third-order valence-corrected chi connectivity index (χ3v) is 3.09. The SMILES string of the molecule is CCCNC(Cc1ccccc1C)c1ncn[nH]1. The van der Waals surface area contributed by atoms with Crippen LogP contribution in [0, 0.1) is 6.92 Å². The maximum absolute atomic E-state index is 4.27. The minimum Gasteiger partial charge on any atom is -0.307 e. The van der Waals surface area contributed by atoms with E-state index in [0.717, 1.165) is 25.2 Å². The van der Waals surface area contributed by atoms with Crippen LogP contribution < -0.4 is 5.32 Å². The van der Waals surface area contributed by atoms with Gasteiger partial charge in [0.15, 0.2) is 0 Å². The van der Waals surface area contributed by atoms with Crippen LogP contribution in [0.3, 0.4) is 0 Å². The molecule has 0 radical (unpaired) electrons. The fourth-order valence-electron chi connectivity index (χ4n) is 2.03. The number of aryl methyl sites for hydroxylation is 1. The van der Waals surface area contributed by atoms with Crippen LogP contribution in [0.4, 0.5) is 0 Å². The summed E-state index contributed by atoms with van der Waals surface area (Å²) in [7, 11) is 0. The Morgan fingerprint density at radius 3 is 2.83 bits per heavy atom. The van der Waals surface area contributed by atoms with Crippen LogP contribution in [-0.2, 0) is 6.42 Å². The molecule has 0 aliphatic carbocycles. The molecule has 0 fully saturated rings. The zero-order valence-corrected chi connectivity index (χ0v) is 11.0. The van der Waals surface area contributed by atoms with Gasteiger partial charge >= 0.3 is 0 Å². The molecule has 0 amide bonds. The number of nitrogens with one attached hydrogen (secondary N) is 2. The van der Waals surface area contributed by atoms with E-state index in [0.29, 0.717) is 0 Å². The molecule has 4 nitrogen and oxygen atoms in total. The summed E-state index contributed by atoms with van der Waals surface area (Å²) in [5, 5.41) is 10.4. The van der Waals surface area contributed by atoms with E-state index in [1.54, 1.807) is 6.33 Å². The fraction of sp³-hybridized carbons (Fsp3) is 0.429. The molecule has 0 saturated carbocycles. The molecular formula is C14H20N4. The molecule has 1 aromatic heterocycles. The van der Waals surface area contributed by atoms with E-state index in [1.807, 2.05) is 0 Å². The average Bonchev–Trinajstić information content (AvgIpc) is 2.90. The predicted molar refractivity (Wildman–Crippen MR) is 72.3 cm³/mol. The minimum atomic E-state index is 0.202. The van der Waals surface area contributed by atoms with Crippen molar-refractivity contribution in [2.24, 2.45) is 0 Å². The Kier molecular flexibility index (Phi) is 4.47. The van der Waals surface area contributed by atoms with Gasteiger partial charge in [0.2, 0.25) is 0 Å². The van der Waals surface area contributed by atoms with Crippen LogP contribution in [0.5, 0.6) is 0 Å². The van der Waals surface area contributed by atoms with Crippen LogP contribution >= 0.6 is 0 Å². The van der Waals surface area contributed by atoms with E-state index in [9.17, 15) is 0 Å². The zero-order valence-electron chi connectivity index (χ0n) is 11.0. The van der Waals surface area contributed by atoms with Crippen molar-refractivity contribution in [3.05, 3.63) is 47.5 Å². The molecule has 0 spiro atoms. The lowest BCUT2D eigenvalue weighted by Crippen LogP contribution is -2.25. The number of benzene rings is 1. The van der Waals surface area contributed by atoms with Gasteiger partial charge in [0.05, 0.1) is 6.04 Å². The Labute approximate surface area is 108 Å². The zero-order chi connectivity index (χ0) is 12.8. The third-order valence-electron chi connectivity index (χ3n) is 3.09. The Balaban J connectivity index is 2.13. The van der Waals surface area contributed by atoms with Crippen molar-refractivity contribution in [2.45, 2.75) is 32.7 Å². The number of nitrogens with zero attached hydrogens (tertiary/aromatic N) is 2. The third kappa shape index (κ3) is 3.17. The van der Waals surface area contributed by atoms with Gasteiger partial charge in [0.1, 0.15) is 12.2 Å². The highest BCUT2D eigenvalue weighted by molar-refractivity contribution is 5.27. The van der Waals surface area contributed by atoms with Gasteiger partial charge in [-0.1, -0.05) is 31.2 Å². The number of rotatable bonds is 6. The molecule has 1 aromatic carbocycles. The number of hydrogen-bond acceptors (Lipinski definition) is 3. The fourth-order valence-corrected chi connectivity index (χ4v) is 2.03. The molecule has 0 aliphatic heterocycles. The maximum atomic E-state index is 4.27. The van der Waals surface area contributed by atoms with Crippen molar-refractivity contribution in [1.29, 1.82) is 0 Å². The molecule has 1 atom stereocenters. The molecule has 96 valence electrons. The molecule has 4 heteroatoms. The number of aromatic nitrogens is 3. The number of aromatic amines is 1. The van der Waals surface area contributed by atoms with Gasteiger partial charge in [-0.2, -0.15) is 5.10 Å². The van der Waals surface area contributed by atoms with Crippen molar-refractivity contribution in [1.82, 2.24) is 20.5 Å². The summed E-state index contributed by atoms with van der Waals surface area (Å²) >= 11 is 0. The van der Waals surface area contributed by atoms with Crippen LogP contribution in [-0.4, -0.2) is 21.7 Å². The quantitative estimate of drug-likeness (QED) is 0.820. The summed E-state index contributed by atoms with van der Waals surface area (Å²) in [6.07, 6.45) is 3.61. The Bertz CT molecular complexity index is 464. The number of H-pyrrole nitrogens is 1.